The van der Waals surface area contributed by atoms with Crippen LogP contribution in [0.3, 0.4) is 0 Å². The summed E-state index contributed by atoms with van der Waals surface area (Å²) in [6.07, 6.45) is 6.65. The van der Waals surface area contributed by atoms with Crippen molar-refractivity contribution >= 4 is 33.2 Å². The van der Waals surface area contributed by atoms with Crippen LogP contribution in [0.2, 0.25) is 5.02 Å². The molecule has 0 N–H and O–H groups in total. The average molecular weight is 432 g/mol. The number of sulfonamides is 1. The van der Waals surface area contributed by atoms with Gasteiger partial charge in [0.1, 0.15) is 0 Å². The number of aromatic nitrogens is 1. The molecule has 6 nitrogen and oxygen atoms in total. The Labute approximate surface area is 175 Å². The van der Waals surface area contributed by atoms with Crippen LogP contribution in [0.1, 0.15) is 34.3 Å². The van der Waals surface area contributed by atoms with Crippen LogP contribution >= 0.6 is 11.6 Å². The Bertz CT molecular complexity index is 1080. The molecule has 1 amide bonds. The number of hydrogen-bond acceptors (Lipinski definition) is 4. The van der Waals surface area contributed by atoms with E-state index in [1.54, 1.807) is 27.5 Å². The van der Waals surface area contributed by atoms with E-state index in [0.717, 1.165) is 42.5 Å². The number of anilines is 1. The zero-order valence-electron chi connectivity index (χ0n) is 15.9. The molecular formula is C21H22ClN3O3S. The summed E-state index contributed by atoms with van der Waals surface area (Å²) in [6, 6.07) is 7.39. The lowest BCUT2D eigenvalue weighted by molar-refractivity contribution is 0.0980. The van der Waals surface area contributed by atoms with Gasteiger partial charge in [-0.15, -0.1) is 0 Å². The Morgan fingerprint density at radius 2 is 1.93 bits per heavy atom. The zero-order valence-corrected chi connectivity index (χ0v) is 17.5. The highest BCUT2D eigenvalue weighted by Crippen LogP contribution is 2.35. The first kappa shape index (κ1) is 19.0. The first-order valence-corrected chi connectivity index (χ1v) is 11.8. The normalized spacial score (nSPS) is 20.4. The van der Waals surface area contributed by atoms with Crippen LogP contribution < -0.4 is 4.90 Å². The van der Waals surface area contributed by atoms with Gasteiger partial charge in [0.15, 0.2) is 0 Å². The lowest BCUT2D eigenvalue weighted by atomic mass is 9.94. The Morgan fingerprint density at radius 1 is 1.14 bits per heavy atom. The van der Waals surface area contributed by atoms with Crippen LogP contribution in [-0.2, 0) is 22.9 Å². The second-order valence-corrected chi connectivity index (χ2v) is 10.8. The molecule has 1 aromatic carbocycles. The number of pyridine rings is 1. The quantitative estimate of drug-likeness (QED) is 0.729. The fourth-order valence-electron chi connectivity index (χ4n) is 4.21. The van der Waals surface area contributed by atoms with E-state index in [0.29, 0.717) is 36.1 Å². The third-order valence-corrected chi connectivity index (χ3v) is 8.56. The standard InChI is InChI=1S/C21H22ClN3O3S/c22-17-1-4-20-16(9-17)5-6-25(21(20)26)18-8-14(10-23-11-18)7-15-12-24(13-15)29(27,28)19-2-3-19/h1,4,8-11,15,19H,2-3,5-7,12-13H2. The summed E-state index contributed by atoms with van der Waals surface area (Å²) in [6.45, 7) is 1.76. The number of rotatable bonds is 5. The molecule has 1 aliphatic carbocycles. The second-order valence-electron chi connectivity index (χ2n) is 8.19. The molecule has 29 heavy (non-hydrogen) atoms. The number of nitrogens with zero attached hydrogens (tertiary/aromatic N) is 3. The summed E-state index contributed by atoms with van der Waals surface area (Å²) in [5, 5.41) is 0.503. The third kappa shape index (κ3) is 3.56. The molecule has 0 spiro atoms. The van der Waals surface area contributed by atoms with Crippen LogP contribution in [0.15, 0.2) is 36.7 Å². The molecule has 3 aliphatic rings. The highest BCUT2D eigenvalue weighted by Gasteiger charge is 2.45. The number of fused-ring (bicyclic) bond motifs is 1. The number of benzene rings is 1. The predicted octanol–water partition coefficient (Wildman–Crippen LogP) is 2.90. The number of halogens is 1. The van der Waals surface area contributed by atoms with Crippen molar-refractivity contribution in [2.45, 2.75) is 30.9 Å². The summed E-state index contributed by atoms with van der Waals surface area (Å²) < 4.78 is 26.1. The van der Waals surface area contributed by atoms with E-state index in [4.69, 9.17) is 11.6 Å². The Balaban J connectivity index is 1.27. The first-order valence-electron chi connectivity index (χ1n) is 9.95. The van der Waals surface area contributed by atoms with Gasteiger partial charge in [-0.25, -0.2) is 12.7 Å². The minimum Gasteiger partial charge on any atom is -0.306 e. The van der Waals surface area contributed by atoms with Crippen LogP contribution in [0.25, 0.3) is 0 Å². The van der Waals surface area contributed by atoms with E-state index in [1.165, 1.54) is 0 Å². The van der Waals surface area contributed by atoms with Crippen molar-refractivity contribution in [1.82, 2.24) is 9.29 Å². The summed E-state index contributed by atoms with van der Waals surface area (Å²) in [7, 11) is -3.06. The van der Waals surface area contributed by atoms with E-state index >= 15 is 0 Å². The highest BCUT2D eigenvalue weighted by molar-refractivity contribution is 7.90. The maximum Gasteiger partial charge on any atom is 0.258 e. The van der Waals surface area contributed by atoms with Gasteiger partial charge in [-0.3, -0.25) is 9.78 Å². The molecule has 2 fully saturated rings. The summed E-state index contributed by atoms with van der Waals surface area (Å²) in [5.41, 5.74) is 3.49. The SMILES string of the molecule is O=C1c2ccc(Cl)cc2CCN1c1cncc(CC2CN(S(=O)(=O)C3CC3)C2)c1. The topological polar surface area (TPSA) is 70.6 Å². The van der Waals surface area contributed by atoms with Gasteiger partial charge >= 0.3 is 0 Å². The van der Waals surface area contributed by atoms with Crippen LogP contribution in [0.4, 0.5) is 5.69 Å². The number of amides is 1. The molecule has 1 saturated heterocycles. The molecule has 2 aliphatic heterocycles. The molecule has 0 bridgehead atoms. The summed E-state index contributed by atoms with van der Waals surface area (Å²) in [5.74, 6) is 0.271. The average Bonchev–Trinajstić information content (AvgIpc) is 3.50. The molecule has 8 heteroatoms. The van der Waals surface area contributed by atoms with Gasteiger partial charge in [0.25, 0.3) is 5.91 Å². The van der Waals surface area contributed by atoms with Gasteiger partial charge < -0.3 is 4.90 Å². The fourth-order valence-corrected chi connectivity index (χ4v) is 6.39. The smallest absolute Gasteiger partial charge is 0.258 e. The molecule has 1 saturated carbocycles. The Kier molecular flexibility index (Phi) is 4.64. The minimum absolute atomic E-state index is 0.0350. The number of carbonyl (C=O) groups is 1. The van der Waals surface area contributed by atoms with E-state index < -0.39 is 10.0 Å². The van der Waals surface area contributed by atoms with Crippen LogP contribution in [0.5, 0.6) is 0 Å². The Hall–Kier alpha value is -1.96. The second kappa shape index (κ2) is 7.07. The van der Waals surface area contributed by atoms with Crippen molar-refractivity contribution < 1.29 is 13.2 Å². The van der Waals surface area contributed by atoms with E-state index in [1.807, 2.05) is 18.3 Å². The molecule has 0 unspecified atom stereocenters. The number of hydrogen-bond donors (Lipinski definition) is 0. The van der Waals surface area contributed by atoms with Crippen molar-refractivity contribution in [3.8, 4) is 0 Å². The largest absolute Gasteiger partial charge is 0.306 e. The summed E-state index contributed by atoms with van der Waals surface area (Å²) in [4.78, 5) is 19.0. The fraction of sp³-hybridized carbons (Fsp3) is 0.429. The van der Waals surface area contributed by atoms with Gasteiger partial charge in [0.05, 0.1) is 17.1 Å². The molecule has 0 atom stereocenters. The molecule has 3 heterocycles. The molecule has 5 rings (SSSR count). The van der Waals surface area contributed by atoms with Gasteiger partial charge in [0, 0.05) is 36.4 Å². The van der Waals surface area contributed by atoms with Gasteiger partial charge in [-0.1, -0.05) is 11.6 Å². The third-order valence-electron chi connectivity index (χ3n) is 5.99. The molecule has 0 radical (unpaired) electrons. The van der Waals surface area contributed by atoms with Crippen molar-refractivity contribution in [1.29, 1.82) is 0 Å². The van der Waals surface area contributed by atoms with Gasteiger partial charge in [-0.2, -0.15) is 0 Å². The van der Waals surface area contributed by atoms with Crippen molar-refractivity contribution in [3.05, 3.63) is 58.4 Å². The van der Waals surface area contributed by atoms with Crippen molar-refractivity contribution in [3.63, 3.8) is 0 Å². The van der Waals surface area contributed by atoms with E-state index in [9.17, 15) is 13.2 Å². The van der Waals surface area contributed by atoms with Crippen molar-refractivity contribution in [2.75, 3.05) is 24.5 Å². The Morgan fingerprint density at radius 3 is 2.69 bits per heavy atom. The van der Waals surface area contributed by atoms with Crippen LogP contribution in [0, 0.1) is 5.92 Å². The zero-order chi connectivity index (χ0) is 20.2. The first-order chi connectivity index (χ1) is 13.9. The van der Waals surface area contributed by atoms with E-state index in [-0.39, 0.29) is 11.2 Å². The van der Waals surface area contributed by atoms with E-state index in [2.05, 4.69) is 4.98 Å². The predicted molar refractivity (Wildman–Crippen MR) is 112 cm³/mol. The lowest BCUT2D eigenvalue weighted by Gasteiger charge is -2.38. The molecule has 1 aromatic heterocycles. The maximum absolute atomic E-state index is 12.9. The minimum atomic E-state index is -3.06. The number of carbonyl (C=O) groups excluding carboxylic acids is 1. The molecular weight excluding hydrogens is 410 g/mol. The van der Waals surface area contributed by atoms with Crippen molar-refractivity contribution in [2.24, 2.45) is 5.92 Å². The van der Waals surface area contributed by atoms with Gasteiger partial charge in [-0.05, 0) is 67.0 Å². The maximum atomic E-state index is 12.9. The van der Waals surface area contributed by atoms with Gasteiger partial charge in [0.2, 0.25) is 10.0 Å². The summed E-state index contributed by atoms with van der Waals surface area (Å²) >= 11 is 6.05. The highest BCUT2D eigenvalue weighted by atomic mass is 35.5. The molecule has 2 aromatic rings. The lowest BCUT2D eigenvalue weighted by Crippen LogP contribution is -2.51. The van der Waals surface area contributed by atoms with Crippen LogP contribution in [-0.4, -0.2) is 48.5 Å². The monoisotopic (exact) mass is 431 g/mol. The molecule has 152 valence electrons.